The molecule has 0 fully saturated rings. The molecule has 0 aliphatic rings. The van der Waals surface area contributed by atoms with Gasteiger partial charge in [0.2, 0.25) is 0 Å². The van der Waals surface area contributed by atoms with E-state index in [1.807, 2.05) is 16.8 Å². The first-order valence-electron chi connectivity index (χ1n) is 7.25. The van der Waals surface area contributed by atoms with Gasteiger partial charge >= 0.3 is 0 Å². The Morgan fingerprint density at radius 2 is 2.00 bits per heavy atom. The predicted molar refractivity (Wildman–Crippen MR) is 87.5 cm³/mol. The number of benzene rings is 1. The van der Waals surface area contributed by atoms with Gasteiger partial charge in [0.1, 0.15) is 5.69 Å². The zero-order valence-corrected chi connectivity index (χ0v) is 14.0. The third kappa shape index (κ3) is 3.39. The molecule has 6 heteroatoms. The lowest BCUT2D eigenvalue weighted by atomic mass is 10.1. The van der Waals surface area contributed by atoms with Crippen molar-refractivity contribution in [3.8, 4) is 5.69 Å². The number of hydrogen-bond donors (Lipinski definition) is 1. The van der Waals surface area contributed by atoms with Gasteiger partial charge in [-0.3, -0.25) is 0 Å². The molecule has 1 atom stereocenters. The fourth-order valence-corrected chi connectivity index (χ4v) is 2.93. The Hall–Kier alpha value is -1.10. The maximum atomic E-state index is 6.29. The number of aromatic nitrogens is 3. The van der Waals surface area contributed by atoms with Crippen LogP contribution in [0.3, 0.4) is 0 Å². The normalized spacial score (nSPS) is 12.6. The molecule has 2 rings (SSSR count). The van der Waals surface area contributed by atoms with Crippen LogP contribution < -0.4 is 5.32 Å². The molecule has 114 valence electrons. The van der Waals surface area contributed by atoms with Crippen molar-refractivity contribution in [3.63, 3.8) is 0 Å². The number of hydrogen-bond acceptors (Lipinski definition) is 3. The highest BCUT2D eigenvalue weighted by Crippen LogP contribution is 2.27. The van der Waals surface area contributed by atoms with Crippen LogP contribution in [0.1, 0.15) is 44.6 Å². The van der Waals surface area contributed by atoms with Crippen LogP contribution in [0.2, 0.25) is 10.0 Å². The van der Waals surface area contributed by atoms with Crippen molar-refractivity contribution in [3.05, 3.63) is 39.6 Å². The Labute approximate surface area is 135 Å². The van der Waals surface area contributed by atoms with Gasteiger partial charge in [-0.2, -0.15) is 0 Å². The molecule has 1 aromatic heterocycles. The SMILES string of the molecule is CCNC(CC)c1nnn(-c2ccc(Cl)cc2Cl)c1CC. The zero-order valence-electron chi connectivity index (χ0n) is 12.5. The zero-order chi connectivity index (χ0) is 15.4. The van der Waals surface area contributed by atoms with E-state index in [-0.39, 0.29) is 6.04 Å². The monoisotopic (exact) mass is 326 g/mol. The number of rotatable bonds is 6. The first-order chi connectivity index (χ1) is 10.1. The summed E-state index contributed by atoms with van der Waals surface area (Å²) < 4.78 is 1.81. The molecule has 0 saturated carbocycles. The molecule has 0 radical (unpaired) electrons. The third-order valence-electron chi connectivity index (χ3n) is 3.45. The molecular weight excluding hydrogens is 307 g/mol. The van der Waals surface area contributed by atoms with Gasteiger partial charge in [-0.25, -0.2) is 4.68 Å². The summed E-state index contributed by atoms with van der Waals surface area (Å²) in [6, 6.07) is 5.62. The Morgan fingerprint density at radius 3 is 2.57 bits per heavy atom. The van der Waals surface area contributed by atoms with Gasteiger partial charge in [0.25, 0.3) is 0 Å². The predicted octanol–water partition coefficient (Wildman–Crippen LogP) is 4.20. The van der Waals surface area contributed by atoms with Gasteiger partial charge in [-0.1, -0.05) is 49.2 Å². The van der Waals surface area contributed by atoms with E-state index in [1.165, 1.54) is 0 Å². The van der Waals surface area contributed by atoms with Gasteiger partial charge in [-0.05, 0) is 37.6 Å². The van der Waals surface area contributed by atoms with Gasteiger partial charge in [-0.15, -0.1) is 5.10 Å². The summed E-state index contributed by atoms with van der Waals surface area (Å²) in [6.07, 6.45) is 1.80. The fraction of sp³-hybridized carbons (Fsp3) is 0.467. The molecule has 0 bridgehead atoms. The average molecular weight is 327 g/mol. The summed E-state index contributed by atoms with van der Waals surface area (Å²) in [5.41, 5.74) is 2.88. The van der Waals surface area contributed by atoms with Crippen molar-refractivity contribution in [1.29, 1.82) is 0 Å². The minimum absolute atomic E-state index is 0.213. The standard InChI is InChI=1S/C15H20Cl2N4/c1-4-12(18-6-3)15-13(5-2)21(20-19-15)14-8-7-10(16)9-11(14)17/h7-9,12,18H,4-6H2,1-3H3. The third-order valence-corrected chi connectivity index (χ3v) is 3.99. The number of nitrogens with one attached hydrogen (secondary N) is 1. The van der Waals surface area contributed by atoms with Crippen LogP contribution in [0, 0.1) is 0 Å². The van der Waals surface area contributed by atoms with Crippen LogP contribution in [0.4, 0.5) is 0 Å². The van der Waals surface area contributed by atoms with E-state index in [2.05, 4.69) is 36.4 Å². The maximum Gasteiger partial charge on any atom is 0.103 e. The summed E-state index contributed by atoms with van der Waals surface area (Å²) >= 11 is 12.2. The van der Waals surface area contributed by atoms with Crippen LogP contribution >= 0.6 is 23.2 Å². The van der Waals surface area contributed by atoms with Crippen molar-refractivity contribution >= 4 is 23.2 Å². The summed E-state index contributed by atoms with van der Waals surface area (Å²) in [5, 5.41) is 13.3. The van der Waals surface area contributed by atoms with E-state index < -0.39 is 0 Å². The minimum Gasteiger partial charge on any atom is -0.309 e. The van der Waals surface area contributed by atoms with Crippen LogP contribution in [0.15, 0.2) is 18.2 Å². The average Bonchev–Trinajstić information content (AvgIpc) is 2.88. The maximum absolute atomic E-state index is 6.29. The van der Waals surface area contributed by atoms with Gasteiger partial charge in [0.15, 0.2) is 0 Å². The fourth-order valence-electron chi connectivity index (χ4n) is 2.44. The van der Waals surface area contributed by atoms with E-state index in [4.69, 9.17) is 23.2 Å². The molecule has 0 aliphatic carbocycles. The summed E-state index contributed by atoms with van der Waals surface area (Å²) in [6.45, 7) is 7.23. The summed E-state index contributed by atoms with van der Waals surface area (Å²) in [4.78, 5) is 0. The van der Waals surface area contributed by atoms with E-state index in [9.17, 15) is 0 Å². The summed E-state index contributed by atoms with van der Waals surface area (Å²) in [7, 11) is 0. The second-order valence-electron chi connectivity index (χ2n) is 4.80. The molecule has 4 nitrogen and oxygen atoms in total. The van der Waals surface area contributed by atoms with E-state index >= 15 is 0 Å². The van der Waals surface area contributed by atoms with Crippen LogP contribution in [-0.4, -0.2) is 21.5 Å². The molecule has 1 heterocycles. The van der Waals surface area contributed by atoms with Crippen LogP contribution in [-0.2, 0) is 6.42 Å². The van der Waals surface area contributed by atoms with Gasteiger partial charge in [0.05, 0.1) is 22.4 Å². The van der Waals surface area contributed by atoms with E-state index in [1.54, 1.807) is 6.07 Å². The molecule has 0 spiro atoms. The van der Waals surface area contributed by atoms with Crippen molar-refractivity contribution in [2.75, 3.05) is 6.54 Å². The van der Waals surface area contributed by atoms with Crippen LogP contribution in [0.5, 0.6) is 0 Å². The first-order valence-corrected chi connectivity index (χ1v) is 8.01. The Morgan fingerprint density at radius 1 is 1.24 bits per heavy atom. The topological polar surface area (TPSA) is 42.7 Å². The minimum atomic E-state index is 0.213. The van der Waals surface area contributed by atoms with Crippen molar-refractivity contribution in [1.82, 2.24) is 20.3 Å². The highest BCUT2D eigenvalue weighted by Gasteiger charge is 2.20. The smallest absolute Gasteiger partial charge is 0.103 e. The van der Waals surface area contributed by atoms with Crippen molar-refractivity contribution in [2.24, 2.45) is 0 Å². The molecule has 0 aliphatic heterocycles. The Kier molecular flexibility index (Phi) is 5.62. The first kappa shape index (κ1) is 16.3. The quantitative estimate of drug-likeness (QED) is 0.865. The highest BCUT2D eigenvalue weighted by atomic mass is 35.5. The molecule has 1 unspecified atom stereocenters. The van der Waals surface area contributed by atoms with Crippen molar-refractivity contribution in [2.45, 2.75) is 39.7 Å². The highest BCUT2D eigenvalue weighted by molar-refractivity contribution is 6.35. The second kappa shape index (κ2) is 7.25. The van der Waals surface area contributed by atoms with E-state index in [0.717, 1.165) is 36.5 Å². The lowest BCUT2D eigenvalue weighted by Gasteiger charge is -2.15. The lowest BCUT2D eigenvalue weighted by Crippen LogP contribution is -2.21. The van der Waals surface area contributed by atoms with Crippen LogP contribution in [0.25, 0.3) is 5.69 Å². The van der Waals surface area contributed by atoms with Gasteiger partial charge in [0, 0.05) is 5.02 Å². The Balaban J connectivity index is 2.48. The molecular formula is C15H20Cl2N4. The number of halogens is 2. The molecule has 1 aromatic carbocycles. The largest absolute Gasteiger partial charge is 0.309 e. The summed E-state index contributed by atoms with van der Waals surface area (Å²) in [5.74, 6) is 0. The van der Waals surface area contributed by atoms with Gasteiger partial charge < -0.3 is 5.32 Å². The second-order valence-corrected chi connectivity index (χ2v) is 5.64. The van der Waals surface area contributed by atoms with E-state index in [0.29, 0.717) is 10.0 Å². The Bertz CT molecular complexity index is 610. The molecule has 2 aromatic rings. The molecule has 1 N–H and O–H groups in total. The molecule has 0 saturated heterocycles. The lowest BCUT2D eigenvalue weighted by molar-refractivity contribution is 0.520. The number of nitrogens with zero attached hydrogens (tertiary/aromatic N) is 3. The molecule has 21 heavy (non-hydrogen) atoms. The molecule has 0 amide bonds. The van der Waals surface area contributed by atoms with Crippen molar-refractivity contribution < 1.29 is 0 Å².